The lowest BCUT2D eigenvalue weighted by molar-refractivity contribution is -0.145. The van der Waals surface area contributed by atoms with Crippen LogP contribution in [0.2, 0.25) is 0 Å². The molecule has 0 spiro atoms. The molecule has 7 rings (SSSR count). The van der Waals surface area contributed by atoms with E-state index in [9.17, 15) is 48.9 Å². The molecular weight excluding hydrogens is 999 g/mol. The number of aliphatic hydroxyl groups is 2. The number of phenolic OH excluding ortho intramolecular Hbond substituents is 1. The highest BCUT2D eigenvalue weighted by molar-refractivity contribution is 6.00. The van der Waals surface area contributed by atoms with Crippen LogP contribution in [-0.4, -0.2) is 154 Å². The Kier molecular flexibility index (Phi) is 20.8. The van der Waals surface area contributed by atoms with E-state index in [0.29, 0.717) is 18.6 Å². The highest BCUT2D eigenvalue weighted by Gasteiger charge is 2.45. The van der Waals surface area contributed by atoms with Gasteiger partial charge in [-0.2, -0.15) is 0 Å². The van der Waals surface area contributed by atoms with E-state index < -0.39 is 95.9 Å². The number of hydrogen-bond acceptors (Lipinski definition) is 13. The van der Waals surface area contributed by atoms with E-state index in [1.165, 1.54) is 24.0 Å². The Morgan fingerprint density at radius 3 is 1.95 bits per heavy atom. The summed E-state index contributed by atoms with van der Waals surface area (Å²) in [5.74, 6) is -4.19. The molecule has 0 bridgehead atoms. The molecule has 4 aromatic rings. The van der Waals surface area contributed by atoms with Gasteiger partial charge in [0.15, 0.2) is 0 Å². The van der Waals surface area contributed by atoms with Crippen molar-refractivity contribution in [1.29, 1.82) is 0 Å². The summed E-state index contributed by atoms with van der Waals surface area (Å²) in [6.07, 6.45) is 1.10. The number of amides is 7. The van der Waals surface area contributed by atoms with Gasteiger partial charge in [-0.1, -0.05) is 80.4 Å². The second kappa shape index (κ2) is 27.8. The zero-order valence-electron chi connectivity index (χ0n) is 44.4. The van der Waals surface area contributed by atoms with E-state index in [4.69, 9.17) is 16.2 Å². The van der Waals surface area contributed by atoms with Crippen LogP contribution in [0, 0.1) is 0 Å². The zero-order valence-corrected chi connectivity index (χ0v) is 44.4. The van der Waals surface area contributed by atoms with E-state index in [-0.39, 0.29) is 82.4 Å². The number of unbranched alkanes of at least 4 members (excludes halogenated alkanes) is 2. The molecule has 12 N–H and O–H groups in total. The first-order valence-corrected chi connectivity index (χ1v) is 27.2. The second-order valence-electron chi connectivity index (χ2n) is 20.6. The largest absolute Gasteiger partial charge is 0.508 e. The van der Waals surface area contributed by atoms with Gasteiger partial charge < -0.3 is 67.9 Å². The van der Waals surface area contributed by atoms with E-state index in [1.807, 2.05) is 48.5 Å². The van der Waals surface area contributed by atoms with E-state index in [1.54, 1.807) is 36.4 Å². The predicted octanol–water partition coefficient (Wildman–Crippen LogP) is 2.40. The van der Waals surface area contributed by atoms with Crippen LogP contribution in [0.1, 0.15) is 94.0 Å². The minimum absolute atomic E-state index is 0.00543. The van der Waals surface area contributed by atoms with Gasteiger partial charge in [0.1, 0.15) is 47.8 Å². The summed E-state index contributed by atoms with van der Waals surface area (Å²) < 4.78 is 5.87. The average Bonchev–Trinajstić information content (AvgIpc) is 4.09. The van der Waals surface area contributed by atoms with Crippen LogP contribution in [0.4, 0.5) is 0 Å². The average molecular weight is 1070 g/mol. The van der Waals surface area contributed by atoms with Crippen molar-refractivity contribution >= 4 is 41.4 Å². The maximum absolute atomic E-state index is 14.4. The molecule has 0 unspecified atom stereocenters. The molecule has 20 nitrogen and oxygen atoms in total. The van der Waals surface area contributed by atoms with Crippen LogP contribution in [0.3, 0.4) is 0 Å². The smallest absolute Gasteiger partial charge is 0.251 e. The summed E-state index contributed by atoms with van der Waals surface area (Å²) >= 11 is 0. The van der Waals surface area contributed by atoms with Crippen molar-refractivity contribution in [3.05, 3.63) is 108 Å². The number of fused-ring (bicyclic) bond motifs is 2. The summed E-state index contributed by atoms with van der Waals surface area (Å²) in [4.78, 5) is 102. The number of carbonyl (C=O) groups excluding carboxylic acids is 7. The number of aliphatic hydroxyl groups excluding tert-OH is 2. The second-order valence-corrected chi connectivity index (χ2v) is 20.6. The third-order valence-corrected chi connectivity index (χ3v) is 14.6. The topological polar surface area (TPSA) is 308 Å². The molecule has 3 fully saturated rings. The molecule has 0 saturated carbocycles. The van der Waals surface area contributed by atoms with Gasteiger partial charge >= 0.3 is 0 Å². The molecule has 3 heterocycles. The van der Waals surface area contributed by atoms with Gasteiger partial charge in [0, 0.05) is 37.7 Å². The number of rotatable bonds is 16. The van der Waals surface area contributed by atoms with Crippen molar-refractivity contribution in [2.45, 2.75) is 139 Å². The van der Waals surface area contributed by atoms with Crippen molar-refractivity contribution in [1.82, 2.24) is 36.4 Å². The molecule has 4 aromatic carbocycles. The van der Waals surface area contributed by atoms with Gasteiger partial charge in [-0.25, -0.2) is 0 Å². The Morgan fingerprint density at radius 1 is 0.718 bits per heavy atom. The first kappa shape index (κ1) is 58.3. The van der Waals surface area contributed by atoms with Crippen molar-refractivity contribution < 1.29 is 53.6 Å². The van der Waals surface area contributed by atoms with Crippen LogP contribution in [0.5, 0.6) is 11.5 Å². The van der Waals surface area contributed by atoms with Crippen LogP contribution < -0.4 is 42.8 Å². The van der Waals surface area contributed by atoms with Gasteiger partial charge in [-0.05, 0) is 129 Å². The molecule has 3 saturated heterocycles. The first-order chi connectivity index (χ1) is 37.5. The van der Waals surface area contributed by atoms with Gasteiger partial charge in [-0.15, -0.1) is 0 Å². The van der Waals surface area contributed by atoms with E-state index in [0.717, 1.165) is 52.2 Å². The number of hydrogen-bond donors (Lipinski definition) is 10. The SMILES string of the molecule is CCCCCOc1ccc(-c2ccc(-c3ccc(C(=O)N[C@H]4CCCNC(=O)[C@@H]5C[C@H](N)CN5C(=O)[C@H](CCCN)NC(=O)[C@H](CCc5ccc(O)cc5)NC(=O)[C@@H]5C[C@@H](O)CN5C(=O)[C@H]([C@@H](C)O)NC4=O)cc3)cc2)cc1. The van der Waals surface area contributed by atoms with Crippen molar-refractivity contribution in [3.63, 3.8) is 0 Å². The summed E-state index contributed by atoms with van der Waals surface area (Å²) in [6.45, 7) is 3.94. The summed E-state index contributed by atoms with van der Waals surface area (Å²) in [5.41, 5.74) is 16.9. The summed E-state index contributed by atoms with van der Waals surface area (Å²) in [5, 5.41) is 45.6. The number of phenols is 1. The highest BCUT2D eigenvalue weighted by atomic mass is 16.5. The Bertz CT molecular complexity index is 2690. The van der Waals surface area contributed by atoms with Gasteiger partial charge in [0.25, 0.3) is 5.91 Å². The van der Waals surface area contributed by atoms with E-state index >= 15 is 0 Å². The summed E-state index contributed by atoms with van der Waals surface area (Å²) in [6, 6.07) is 20.6. The lowest BCUT2D eigenvalue weighted by Gasteiger charge is -2.32. The fourth-order valence-corrected chi connectivity index (χ4v) is 10.2. The molecule has 7 amide bonds. The Labute approximate surface area is 455 Å². The molecule has 78 heavy (non-hydrogen) atoms. The monoisotopic (exact) mass is 1070 g/mol. The number of benzene rings is 4. The zero-order chi connectivity index (χ0) is 55.9. The quantitative estimate of drug-likeness (QED) is 0.0723. The predicted molar refractivity (Wildman–Crippen MR) is 292 cm³/mol. The fraction of sp³-hybridized carbons (Fsp3) is 0.466. The highest BCUT2D eigenvalue weighted by Crippen LogP contribution is 2.28. The first-order valence-electron chi connectivity index (χ1n) is 27.2. The third-order valence-electron chi connectivity index (χ3n) is 14.6. The number of nitrogens with two attached hydrogens (primary N) is 2. The number of ether oxygens (including phenoxy) is 1. The Morgan fingerprint density at radius 2 is 1.32 bits per heavy atom. The van der Waals surface area contributed by atoms with Crippen molar-refractivity contribution in [2.75, 3.05) is 32.8 Å². The van der Waals surface area contributed by atoms with Crippen LogP contribution in [0.25, 0.3) is 22.3 Å². The maximum Gasteiger partial charge on any atom is 0.251 e. The third kappa shape index (κ3) is 15.4. The van der Waals surface area contributed by atoms with Crippen molar-refractivity contribution in [3.8, 4) is 33.8 Å². The van der Waals surface area contributed by atoms with E-state index in [2.05, 4.69) is 33.5 Å². The van der Waals surface area contributed by atoms with Gasteiger partial charge in [-0.3, -0.25) is 33.6 Å². The normalized spacial score (nSPS) is 24.2. The molecule has 9 atom stereocenters. The van der Waals surface area contributed by atoms with Crippen LogP contribution in [0.15, 0.2) is 97.1 Å². The molecule has 0 radical (unpaired) electrons. The summed E-state index contributed by atoms with van der Waals surface area (Å²) in [7, 11) is 0. The number of aryl methyl sites for hydroxylation is 1. The number of nitrogens with zero attached hydrogens (tertiary/aromatic N) is 2. The standard InChI is InChI=1S/C58H75N9O11/c1-3-4-5-30-78-45-25-21-40(22-26-45)38-15-13-37(14-16-38)39-17-19-41(20-18-39)52(71)62-46-9-7-29-61-55(74)49-31-42(60)33-66(49)57(76)48(8-6-28-59)64-53(72)47(27-12-36-10-23-43(69)24-11-36)63-56(75)50-32-44(70)34-67(50)58(77)51(35(2)68)65-54(46)73/h10-11,13-26,35,42,44,46-51,68-70H,3-9,12,27-34,59-60H2,1-2H3,(H,61,74)(H,62,71)(H,63,75)(H,64,72)(H,65,73)/t35-,42+,44-,46+,47+,48+,49+,50+,51+/m1/s1. The van der Waals surface area contributed by atoms with Crippen LogP contribution >= 0.6 is 0 Å². The molecule has 3 aliphatic heterocycles. The molecule has 0 aliphatic carbocycles. The van der Waals surface area contributed by atoms with Crippen molar-refractivity contribution in [2.24, 2.45) is 11.5 Å². The lowest BCUT2D eigenvalue weighted by atomic mass is 9.99. The van der Waals surface area contributed by atoms with Gasteiger partial charge in [0.05, 0.1) is 18.8 Å². The fourth-order valence-electron chi connectivity index (χ4n) is 10.2. The Balaban J connectivity index is 1.11. The maximum atomic E-state index is 14.4. The minimum atomic E-state index is -1.66. The lowest BCUT2D eigenvalue weighted by Crippen LogP contribution is -2.61. The molecule has 3 aliphatic rings. The van der Waals surface area contributed by atoms with Crippen LogP contribution in [-0.2, 0) is 35.2 Å². The Hall–Kier alpha value is -7.39. The number of nitrogens with one attached hydrogen (secondary N) is 5. The number of aromatic hydroxyl groups is 1. The number of carbonyl (C=O) groups is 7. The molecular formula is C58H75N9O11. The molecule has 0 aromatic heterocycles. The van der Waals surface area contributed by atoms with Gasteiger partial charge in [0.2, 0.25) is 35.4 Å². The molecule has 20 heteroatoms. The molecule has 418 valence electrons. The minimum Gasteiger partial charge on any atom is -0.508 e.